The molecule has 1 aliphatic rings. The number of nitrogens with one attached hydrogen (secondary N) is 1. The Bertz CT molecular complexity index is 628. The summed E-state index contributed by atoms with van der Waals surface area (Å²) in [7, 11) is 0. The van der Waals surface area contributed by atoms with Crippen molar-refractivity contribution < 1.29 is 14.0 Å². The van der Waals surface area contributed by atoms with Crippen molar-refractivity contribution in [3.63, 3.8) is 0 Å². The Labute approximate surface area is 104 Å². The fraction of sp³-hybridized carbons (Fsp3) is 0.143. The highest BCUT2D eigenvalue weighted by molar-refractivity contribution is 5.98. The Morgan fingerprint density at radius 3 is 2.83 bits per heavy atom. The largest absolute Gasteiger partial charge is 0.453 e. The van der Waals surface area contributed by atoms with Crippen LogP contribution in [0.4, 0.5) is 5.69 Å². The van der Waals surface area contributed by atoms with E-state index in [0.29, 0.717) is 18.5 Å². The molecule has 0 saturated carbocycles. The first kappa shape index (κ1) is 10.8. The molecule has 1 aliphatic heterocycles. The fourth-order valence-electron chi connectivity index (χ4n) is 2.17. The zero-order chi connectivity index (χ0) is 12.5. The van der Waals surface area contributed by atoms with E-state index in [1.165, 1.54) is 0 Å². The maximum absolute atomic E-state index is 11.5. The summed E-state index contributed by atoms with van der Waals surface area (Å²) in [5, 5.41) is 2.87. The van der Waals surface area contributed by atoms with Gasteiger partial charge in [-0.3, -0.25) is 9.59 Å². The van der Waals surface area contributed by atoms with Crippen LogP contribution in [0.2, 0.25) is 0 Å². The third kappa shape index (κ3) is 1.72. The highest BCUT2D eigenvalue weighted by Gasteiger charge is 2.19. The van der Waals surface area contributed by atoms with Crippen molar-refractivity contribution in [1.82, 2.24) is 0 Å². The number of hydrogen-bond donors (Lipinski definition) is 1. The maximum atomic E-state index is 11.5. The lowest BCUT2D eigenvalue weighted by Gasteiger charge is -2.19. The van der Waals surface area contributed by atoms with E-state index in [9.17, 15) is 9.59 Å². The lowest BCUT2D eigenvalue weighted by atomic mass is 9.98. The second-order valence-electron chi connectivity index (χ2n) is 4.21. The van der Waals surface area contributed by atoms with Crippen molar-refractivity contribution >= 4 is 17.9 Å². The molecule has 1 N–H and O–H groups in total. The number of aryl methyl sites for hydroxylation is 1. The average Bonchev–Trinajstić information content (AvgIpc) is 2.86. The van der Waals surface area contributed by atoms with Crippen LogP contribution >= 0.6 is 0 Å². The van der Waals surface area contributed by atoms with Crippen LogP contribution in [0.1, 0.15) is 22.5 Å². The number of aldehydes is 1. The molecule has 18 heavy (non-hydrogen) atoms. The average molecular weight is 241 g/mol. The molecule has 0 atom stereocenters. The number of carbonyl (C=O) groups excluding carboxylic acids is 2. The third-order valence-corrected chi connectivity index (χ3v) is 3.04. The summed E-state index contributed by atoms with van der Waals surface area (Å²) >= 11 is 0. The van der Waals surface area contributed by atoms with E-state index in [2.05, 4.69) is 5.32 Å². The van der Waals surface area contributed by atoms with Gasteiger partial charge in [0.1, 0.15) is 5.76 Å². The Kier molecular flexibility index (Phi) is 2.48. The fourth-order valence-corrected chi connectivity index (χ4v) is 2.17. The highest BCUT2D eigenvalue weighted by atomic mass is 16.3. The lowest BCUT2D eigenvalue weighted by molar-refractivity contribution is -0.116. The van der Waals surface area contributed by atoms with Gasteiger partial charge in [-0.15, -0.1) is 0 Å². The van der Waals surface area contributed by atoms with E-state index in [0.717, 1.165) is 23.2 Å². The Morgan fingerprint density at radius 2 is 2.06 bits per heavy atom. The number of hydrogen-bond acceptors (Lipinski definition) is 3. The summed E-state index contributed by atoms with van der Waals surface area (Å²) in [5.74, 6) is 0.887. The number of benzene rings is 1. The molecule has 0 aliphatic carbocycles. The normalized spacial score (nSPS) is 13.9. The van der Waals surface area contributed by atoms with Crippen molar-refractivity contribution in [3.05, 3.63) is 41.7 Å². The predicted molar refractivity (Wildman–Crippen MR) is 66.5 cm³/mol. The minimum atomic E-state index is 0.0112. The van der Waals surface area contributed by atoms with E-state index in [1.807, 2.05) is 18.2 Å². The number of furan rings is 1. The van der Waals surface area contributed by atoms with Crippen LogP contribution in [0.3, 0.4) is 0 Å². The number of carbonyl (C=O) groups is 2. The Hall–Kier alpha value is -2.36. The lowest BCUT2D eigenvalue weighted by Crippen LogP contribution is -2.19. The van der Waals surface area contributed by atoms with Gasteiger partial charge in [-0.2, -0.15) is 0 Å². The van der Waals surface area contributed by atoms with E-state index in [4.69, 9.17) is 4.42 Å². The number of amides is 1. The van der Waals surface area contributed by atoms with Crippen LogP contribution in [0.15, 0.2) is 34.7 Å². The molecule has 0 spiro atoms. The van der Waals surface area contributed by atoms with Gasteiger partial charge in [-0.1, -0.05) is 12.1 Å². The molecule has 2 heterocycles. The molecule has 0 unspecified atom stereocenters. The van der Waals surface area contributed by atoms with Gasteiger partial charge in [0.25, 0.3) is 0 Å². The van der Waals surface area contributed by atoms with E-state index < -0.39 is 0 Å². The van der Waals surface area contributed by atoms with Gasteiger partial charge in [0.05, 0.1) is 5.69 Å². The quantitative estimate of drug-likeness (QED) is 0.822. The van der Waals surface area contributed by atoms with Gasteiger partial charge in [0.2, 0.25) is 5.91 Å². The van der Waals surface area contributed by atoms with Crippen LogP contribution in [0, 0.1) is 0 Å². The van der Waals surface area contributed by atoms with Crippen LogP contribution in [0.5, 0.6) is 0 Å². The first-order valence-electron chi connectivity index (χ1n) is 5.75. The van der Waals surface area contributed by atoms with E-state index >= 15 is 0 Å². The molecule has 4 nitrogen and oxygen atoms in total. The first-order chi connectivity index (χ1) is 8.78. The molecule has 1 amide bonds. The van der Waals surface area contributed by atoms with Gasteiger partial charge < -0.3 is 9.73 Å². The zero-order valence-corrected chi connectivity index (χ0v) is 9.60. The summed E-state index contributed by atoms with van der Waals surface area (Å²) in [6.45, 7) is 0. The molecule has 0 radical (unpaired) electrons. The van der Waals surface area contributed by atoms with Crippen LogP contribution in [-0.4, -0.2) is 12.2 Å². The molecular weight excluding hydrogens is 230 g/mol. The van der Waals surface area contributed by atoms with Crippen molar-refractivity contribution in [2.24, 2.45) is 0 Å². The van der Waals surface area contributed by atoms with Crippen LogP contribution in [0.25, 0.3) is 11.3 Å². The Morgan fingerprint density at radius 1 is 1.17 bits per heavy atom. The monoisotopic (exact) mass is 241 g/mol. The van der Waals surface area contributed by atoms with E-state index in [1.54, 1.807) is 12.1 Å². The zero-order valence-electron chi connectivity index (χ0n) is 9.60. The van der Waals surface area contributed by atoms with Crippen molar-refractivity contribution in [3.8, 4) is 11.3 Å². The molecule has 90 valence electrons. The molecular formula is C14H11NO3. The van der Waals surface area contributed by atoms with Crippen molar-refractivity contribution in [1.29, 1.82) is 0 Å². The minimum Gasteiger partial charge on any atom is -0.453 e. The van der Waals surface area contributed by atoms with Gasteiger partial charge in [0.15, 0.2) is 12.0 Å². The summed E-state index contributed by atoms with van der Waals surface area (Å²) in [5.41, 5.74) is 2.70. The molecule has 2 aromatic rings. The molecule has 4 heteroatoms. The summed E-state index contributed by atoms with van der Waals surface area (Å²) in [6.07, 6.45) is 1.90. The second kappa shape index (κ2) is 4.14. The molecule has 1 aromatic carbocycles. The summed E-state index contributed by atoms with van der Waals surface area (Å²) in [6, 6.07) is 9.14. The Balaban J connectivity index is 2.12. The molecule has 1 aromatic heterocycles. The van der Waals surface area contributed by atoms with Gasteiger partial charge >= 0.3 is 0 Å². The van der Waals surface area contributed by atoms with Crippen LogP contribution < -0.4 is 5.32 Å². The molecule has 0 fully saturated rings. The third-order valence-electron chi connectivity index (χ3n) is 3.04. The first-order valence-corrected chi connectivity index (χ1v) is 5.75. The van der Waals surface area contributed by atoms with E-state index in [-0.39, 0.29) is 11.7 Å². The summed E-state index contributed by atoms with van der Waals surface area (Å²) in [4.78, 5) is 22.1. The number of para-hydroxylation sites is 1. The molecule has 0 saturated heterocycles. The second-order valence-corrected chi connectivity index (χ2v) is 4.21. The topological polar surface area (TPSA) is 59.3 Å². The SMILES string of the molecule is O=Cc1ccc(-c2cccc3c2NC(=O)CC3)o1. The number of anilines is 1. The predicted octanol–water partition coefficient (Wildman–Crippen LogP) is 2.64. The standard InChI is InChI=1S/C14H11NO3/c16-8-10-5-6-12(18-10)11-3-1-2-9-4-7-13(17)15-14(9)11/h1-3,5-6,8H,4,7H2,(H,15,17). The molecule has 3 rings (SSSR count). The minimum absolute atomic E-state index is 0.0112. The summed E-state index contributed by atoms with van der Waals surface area (Å²) < 4.78 is 5.40. The van der Waals surface area contributed by atoms with Crippen LogP contribution in [-0.2, 0) is 11.2 Å². The molecule has 0 bridgehead atoms. The van der Waals surface area contributed by atoms with Crippen molar-refractivity contribution in [2.75, 3.05) is 5.32 Å². The van der Waals surface area contributed by atoms with Gasteiger partial charge in [0, 0.05) is 12.0 Å². The van der Waals surface area contributed by atoms with Gasteiger partial charge in [-0.25, -0.2) is 0 Å². The smallest absolute Gasteiger partial charge is 0.224 e. The highest BCUT2D eigenvalue weighted by Crippen LogP contribution is 2.34. The van der Waals surface area contributed by atoms with Crippen molar-refractivity contribution in [2.45, 2.75) is 12.8 Å². The number of fused-ring (bicyclic) bond motifs is 1. The van der Waals surface area contributed by atoms with Gasteiger partial charge in [-0.05, 0) is 30.2 Å². The maximum Gasteiger partial charge on any atom is 0.224 e. The number of rotatable bonds is 2.